The van der Waals surface area contributed by atoms with Gasteiger partial charge in [-0.1, -0.05) is 13.8 Å². The van der Waals surface area contributed by atoms with E-state index in [2.05, 4.69) is 19.2 Å². The van der Waals surface area contributed by atoms with Crippen LogP contribution in [0.25, 0.3) is 0 Å². The molecule has 2 heterocycles. The molecule has 0 bridgehead atoms. The van der Waals surface area contributed by atoms with Crippen molar-refractivity contribution in [3.8, 4) is 0 Å². The first-order chi connectivity index (χ1) is 11.1. The maximum absolute atomic E-state index is 12.7. The number of carbonyl (C=O) groups is 2. The number of hydrogen-bond acceptors (Lipinski definition) is 4. The molecule has 0 radical (unpaired) electrons. The van der Waals surface area contributed by atoms with Crippen LogP contribution < -0.4 is 5.32 Å². The molecule has 2 fully saturated rings. The predicted octanol–water partition coefficient (Wildman–Crippen LogP) is 2.79. The second-order valence-electron chi connectivity index (χ2n) is 6.75. The van der Waals surface area contributed by atoms with Crippen LogP contribution in [0.15, 0.2) is 23.0 Å². The van der Waals surface area contributed by atoms with E-state index in [9.17, 15) is 9.59 Å². The van der Waals surface area contributed by atoms with Crippen LogP contribution >= 0.6 is 11.8 Å². The topological polar surface area (TPSA) is 62.6 Å². The Morgan fingerprint density at radius 2 is 2.22 bits per heavy atom. The van der Waals surface area contributed by atoms with Crippen molar-refractivity contribution in [1.82, 2.24) is 10.2 Å². The molecule has 23 heavy (non-hydrogen) atoms. The van der Waals surface area contributed by atoms with Crippen molar-refractivity contribution in [1.29, 1.82) is 0 Å². The highest BCUT2D eigenvalue weighted by Crippen LogP contribution is 2.45. The summed E-state index contributed by atoms with van der Waals surface area (Å²) in [5.74, 6) is 1.38. The molecule has 6 heteroatoms. The molecule has 2 atom stereocenters. The summed E-state index contributed by atoms with van der Waals surface area (Å²) >= 11 is 1.64. The molecule has 0 aromatic carbocycles. The summed E-state index contributed by atoms with van der Waals surface area (Å²) in [5.41, 5.74) is 0.960. The molecular formula is C17H24N2O3S. The molecule has 1 saturated carbocycles. The maximum atomic E-state index is 12.7. The van der Waals surface area contributed by atoms with Gasteiger partial charge in [0.2, 0.25) is 11.8 Å². The molecule has 0 spiro atoms. The van der Waals surface area contributed by atoms with E-state index >= 15 is 0 Å². The van der Waals surface area contributed by atoms with Crippen LogP contribution in [0.2, 0.25) is 0 Å². The van der Waals surface area contributed by atoms with Crippen molar-refractivity contribution >= 4 is 23.6 Å². The van der Waals surface area contributed by atoms with E-state index in [1.54, 1.807) is 29.2 Å². The minimum Gasteiger partial charge on any atom is -0.472 e. The molecule has 126 valence electrons. The molecular weight excluding hydrogens is 312 g/mol. The summed E-state index contributed by atoms with van der Waals surface area (Å²) in [6.07, 6.45) is 6.13. The molecule has 1 saturated heterocycles. The Balaban J connectivity index is 1.71. The number of nitrogens with one attached hydrogen (secondary N) is 1. The van der Waals surface area contributed by atoms with Crippen LogP contribution in [0, 0.1) is 11.8 Å². The third-order valence-corrected chi connectivity index (χ3v) is 5.66. The van der Waals surface area contributed by atoms with Crippen LogP contribution in [0.4, 0.5) is 0 Å². The van der Waals surface area contributed by atoms with E-state index in [-0.39, 0.29) is 29.1 Å². The van der Waals surface area contributed by atoms with Crippen molar-refractivity contribution in [2.45, 2.75) is 44.5 Å². The highest BCUT2D eigenvalue weighted by atomic mass is 32.2. The van der Waals surface area contributed by atoms with Gasteiger partial charge in [-0.2, -0.15) is 0 Å². The van der Waals surface area contributed by atoms with Crippen molar-refractivity contribution < 1.29 is 14.0 Å². The zero-order chi connectivity index (χ0) is 16.4. The lowest BCUT2D eigenvalue weighted by Gasteiger charge is -2.28. The Bertz CT molecular complexity index is 554. The van der Waals surface area contributed by atoms with Gasteiger partial charge in [-0.05, 0) is 31.2 Å². The number of nitrogens with zero attached hydrogens (tertiary/aromatic N) is 1. The normalized spacial score (nSPS) is 24.2. The third kappa shape index (κ3) is 3.74. The van der Waals surface area contributed by atoms with Crippen LogP contribution in [-0.4, -0.2) is 35.1 Å². The summed E-state index contributed by atoms with van der Waals surface area (Å²) in [6, 6.07) is 1.50. The van der Waals surface area contributed by atoms with Gasteiger partial charge in [0.05, 0.1) is 12.5 Å². The lowest BCUT2D eigenvalue weighted by atomic mass is 10.1. The van der Waals surface area contributed by atoms with Gasteiger partial charge in [0, 0.05) is 23.8 Å². The van der Waals surface area contributed by atoms with Crippen LogP contribution in [-0.2, 0) is 9.59 Å². The summed E-state index contributed by atoms with van der Waals surface area (Å²) in [4.78, 5) is 27.1. The number of amides is 2. The monoisotopic (exact) mass is 336 g/mol. The van der Waals surface area contributed by atoms with E-state index in [0.29, 0.717) is 18.2 Å². The van der Waals surface area contributed by atoms with Crippen LogP contribution in [0.5, 0.6) is 0 Å². The molecule has 1 aromatic heterocycles. The van der Waals surface area contributed by atoms with Gasteiger partial charge in [0.1, 0.15) is 11.4 Å². The maximum Gasteiger partial charge on any atom is 0.243 e. The Hall–Kier alpha value is -1.43. The highest BCUT2D eigenvalue weighted by Gasteiger charge is 2.46. The number of furan rings is 1. The van der Waals surface area contributed by atoms with Gasteiger partial charge in [-0.15, -0.1) is 11.8 Å². The Morgan fingerprint density at radius 3 is 2.83 bits per heavy atom. The summed E-state index contributed by atoms with van der Waals surface area (Å²) < 4.78 is 5.17. The number of rotatable bonds is 6. The van der Waals surface area contributed by atoms with Crippen molar-refractivity contribution in [2.24, 2.45) is 11.8 Å². The van der Waals surface area contributed by atoms with Gasteiger partial charge < -0.3 is 14.6 Å². The minimum absolute atomic E-state index is 0.0295. The molecule has 2 amide bonds. The number of carbonyl (C=O) groups excluding carboxylic acids is 2. The first-order valence-corrected chi connectivity index (χ1v) is 9.36. The Morgan fingerprint density at radius 1 is 1.43 bits per heavy atom. The molecule has 1 aliphatic carbocycles. The van der Waals surface area contributed by atoms with E-state index < -0.39 is 0 Å². The second kappa shape index (κ2) is 6.99. The van der Waals surface area contributed by atoms with Gasteiger partial charge >= 0.3 is 0 Å². The van der Waals surface area contributed by atoms with E-state index in [1.807, 2.05) is 6.07 Å². The lowest BCUT2D eigenvalue weighted by Crippen LogP contribution is -2.48. The molecule has 1 aromatic rings. The third-order valence-electron chi connectivity index (χ3n) is 4.33. The van der Waals surface area contributed by atoms with E-state index in [0.717, 1.165) is 24.8 Å². The van der Waals surface area contributed by atoms with Gasteiger partial charge in [-0.3, -0.25) is 9.59 Å². The highest BCUT2D eigenvalue weighted by molar-refractivity contribution is 7.99. The van der Waals surface area contributed by atoms with Crippen molar-refractivity contribution in [2.75, 3.05) is 12.3 Å². The standard InChI is InChI=1S/C17H24N2O3S/c1-11(2)5-7-18-15(20)14-10-23-17(13-6-8-22-9-13)19(14)16(21)12-3-4-12/h6,8-9,11-12,14,17H,3-5,7,10H2,1-2H3,(H,18,20). The molecule has 5 nitrogen and oxygen atoms in total. The molecule has 1 aliphatic heterocycles. The quantitative estimate of drug-likeness (QED) is 0.868. The molecule has 3 rings (SSSR count). The average molecular weight is 336 g/mol. The SMILES string of the molecule is CC(C)CCNC(=O)C1CSC(c2ccoc2)N1C(=O)C1CC1. The summed E-state index contributed by atoms with van der Waals surface area (Å²) in [6.45, 7) is 4.93. The predicted molar refractivity (Wildman–Crippen MR) is 89.7 cm³/mol. The molecule has 1 N–H and O–H groups in total. The van der Waals surface area contributed by atoms with E-state index in [4.69, 9.17) is 4.42 Å². The smallest absolute Gasteiger partial charge is 0.243 e. The Labute approximate surface area is 141 Å². The fourth-order valence-electron chi connectivity index (χ4n) is 2.79. The average Bonchev–Trinajstić information content (AvgIpc) is 3.05. The fourth-order valence-corrected chi connectivity index (χ4v) is 4.21. The lowest BCUT2D eigenvalue weighted by molar-refractivity contribution is -0.140. The van der Waals surface area contributed by atoms with Crippen LogP contribution in [0.3, 0.4) is 0 Å². The van der Waals surface area contributed by atoms with Crippen LogP contribution in [0.1, 0.15) is 44.0 Å². The second-order valence-corrected chi connectivity index (χ2v) is 7.86. The minimum atomic E-state index is -0.375. The first-order valence-electron chi connectivity index (χ1n) is 8.31. The zero-order valence-corrected chi connectivity index (χ0v) is 14.5. The Kier molecular flexibility index (Phi) is 4.99. The summed E-state index contributed by atoms with van der Waals surface area (Å²) in [7, 11) is 0. The van der Waals surface area contributed by atoms with E-state index in [1.165, 1.54) is 0 Å². The van der Waals surface area contributed by atoms with Gasteiger partial charge in [0.25, 0.3) is 0 Å². The first kappa shape index (κ1) is 16.4. The van der Waals surface area contributed by atoms with Crippen molar-refractivity contribution in [3.05, 3.63) is 24.2 Å². The molecule has 2 unspecified atom stereocenters. The largest absolute Gasteiger partial charge is 0.472 e. The van der Waals surface area contributed by atoms with Gasteiger partial charge in [0.15, 0.2) is 0 Å². The fraction of sp³-hybridized carbons (Fsp3) is 0.647. The van der Waals surface area contributed by atoms with Crippen molar-refractivity contribution in [3.63, 3.8) is 0 Å². The number of thioether (sulfide) groups is 1. The number of hydrogen-bond donors (Lipinski definition) is 1. The molecule has 2 aliphatic rings. The summed E-state index contributed by atoms with van der Waals surface area (Å²) in [5, 5.41) is 2.89. The zero-order valence-electron chi connectivity index (χ0n) is 13.7. The van der Waals surface area contributed by atoms with Gasteiger partial charge in [-0.25, -0.2) is 0 Å².